The lowest BCUT2D eigenvalue weighted by Gasteiger charge is -2.32. The number of likely N-dealkylation sites (tertiary alicyclic amines) is 1. The molecule has 94 valence electrons. The Labute approximate surface area is 97.1 Å². The van der Waals surface area contributed by atoms with Crippen molar-refractivity contribution < 1.29 is 13.2 Å². The summed E-state index contributed by atoms with van der Waals surface area (Å²) in [4.78, 5) is 13.6. The van der Waals surface area contributed by atoms with E-state index in [1.54, 1.807) is 4.90 Å². The lowest BCUT2D eigenvalue weighted by molar-refractivity contribution is -0.135. The molecule has 1 N–H and O–H groups in total. The Morgan fingerprint density at radius 2 is 2.19 bits per heavy atom. The smallest absolute Gasteiger partial charge is 0.239 e. The van der Waals surface area contributed by atoms with Gasteiger partial charge in [0.2, 0.25) is 5.91 Å². The van der Waals surface area contributed by atoms with Crippen LogP contribution < -0.4 is 5.32 Å². The molecule has 1 amide bonds. The second kappa shape index (κ2) is 5.63. The zero-order valence-electron chi connectivity index (χ0n) is 9.90. The summed E-state index contributed by atoms with van der Waals surface area (Å²) < 4.78 is 22.1. The Kier molecular flexibility index (Phi) is 4.73. The van der Waals surface area contributed by atoms with Gasteiger partial charge in [-0.1, -0.05) is 6.92 Å². The van der Waals surface area contributed by atoms with Crippen LogP contribution in [0.2, 0.25) is 0 Å². The van der Waals surface area contributed by atoms with Crippen LogP contribution in [-0.4, -0.2) is 56.9 Å². The standard InChI is InChI=1S/C10H20N2O3S/c1-3-11-9-5-4-6-12(10(9)13)7-8-16(2,14)15/h9,11H,3-8H2,1-2H3. The van der Waals surface area contributed by atoms with E-state index < -0.39 is 9.84 Å². The highest BCUT2D eigenvalue weighted by Gasteiger charge is 2.27. The molecule has 1 unspecified atom stereocenters. The van der Waals surface area contributed by atoms with E-state index in [9.17, 15) is 13.2 Å². The third kappa shape index (κ3) is 4.09. The summed E-state index contributed by atoms with van der Waals surface area (Å²) in [5.74, 6) is 0.0918. The minimum atomic E-state index is -2.99. The molecule has 1 atom stereocenters. The Morgan fingerprint density at radius 1 is 1.50 bits per heavy atom. The quantitative estimate of drug-likeness (QED) is 0.721. The normalized spacial score (nSPS) is 22.5. The van der Waals surface area contributed by atoms with Crippen molar-refractivity contribution in [1.82, 2.24) is 10.2 Å². The van der Waals surface area contributed by atoms with Gasteiger partial charge in [0.15, 0.2) is 0 Å². The van der Waals surface area contributed by atoms with Gasteiger partial charge in [0.05, 0.1) is 11.8 Å². The fourth-order valence-corrected chi connectivity index (χ4v) is 2.43. The molecule has 0 spiro atoms. The average Bonchev–Trinajstić information content (AvgIpc) is 2.18. The minimum Gasteiger partial charge on any atom is -0.340 e. The molecule has 0 aromatic carbocycles. The average molecular weight is 248 g/mol. The summed E-state index contributed by atoms with van der Waals surface area (Å²) in [6.07, 6.45) is 2.98. The van der Waals surface area contributed by atoms with Gasteiger partial charge >= 0.3 is 0 Å². The van der Waals surface area contributed by atoms with E-state index in [0.29, 0.717) is 13.1 Å². The largest absolute Gasteiger partial charge is 0.340 e. The number of likely N-dealkylation sites (N-methyl/N-ethyl adjacent to an activating group) is 1. The highest BCUT2D eigenvalue weighted by Crippen LogP contribution is 2.11. The van der Waals surface area contributed by atoms with E-state index in [2.05, 4.69) is 5.32 Å². The van der Waals surface area contributed by atoms with Crippen LogP contribution in [-0.2, 0) is 14.6 Å². The Hall–Kier alpha value is -0.620. The van der Waals surface area contributed by atoms with Gasteiger partial charge in [-0.2, -0.15) is 0 Å². The van der Waals surface area contributed by atoms with Crippen LogP contribution in [0.15, 0.2) is 0 Å². The van der Waals surface area contributed by atoms with Gasteiger partial charge in [-0.05, 0) is 19.4 Å². The number of nitrogens with zero attached hydrogens (tertiary/aromatic N) is 1. The van der Waals surface area contributed by atoms with Gasteiger partial charge in [-0.3, -0.25) is 4.79 Å². The van der Waals surface area contributed by atoms with E-state index in [1.165, 1.54) is 6.26 Å². The first kappa shape index (κ1) is 13.4. The number of hydrogen-bond donors (Lipinski definition) is 1. The molecular formula is C10H20N2O3S. The number of nitrogens with one attached hydrogen (secondary N) is 1. The summed E-state index contributed by atoms with van der Waals surface area (Å²) in [6, 6.07) is -0.127. The molecule has 0 radical (unpaired) electrons. The molecule has 0 saturated carbocycles. The van der Waals surface area contributed by atoms with Crippen molar-refractivity contribution in [2.45, 2.75) is 25.8 Å². The maximum atomic E-state index is 11.9. The maximum Gasteiger partial charge on any atom is 0.239 e. The molecule has 0 bridgehead atoms. The third-order valence-electron chi connectivity index (χ3n) is 2.71. The van der Waals surface area contributed by atoms with Crippen molar-refractivity contribution >= 4 is 15.7 Å². The molecule has 0 aromatic heterocycles. The van der Waals surface area contributed by atoms with Gasteiger partial charge in [-0.15, -0.1) is 0 Å². The van der Waals surface area contributed by atoms with Crippen LogP contribution in [0.25, 0.3) is 0 Å². The molecule has 0 aliphatic carbocycles. The van der Waals surface area contributed by atoms with E-state index in [1.807, 2.05) is 6.92 Å². The van der Waals surface area contributed by atoms with E-state index in [4.69, 9.17) is 0 Å². The van der Waals surface area contributed by atoms with E-state index >= 15 is 0 Å². The first-order valence-electron chi connectivity index (χ1n) is 5.64. The Bertz CT molecular complexity index is 338. The number of rotatable bonds is 5. The predicted molar refractivity (Wildman–Crippen MR) is 63.0 cm³/mol. The van der Waals surface area contributed by atoms with Crippen LogP contribution in [0.5, 0.6) is 0 Å². The van der Waals surface area contributed by atoms with Gasteiger partial charge < -0.3 is 10.2 Å². The first-order chi connectivity index (χ1) is 7.44. The first-order valence-corrected chi connectivity index (χ1v) is 7.70. The molecule has 6 heteroatoms. The third-order valence-corrected chi connectivity index (χ3v) is 3.64. The Morgan fingerprint density at radius 3 is 2.75 bits per heavy atom. The fraction of sp³-hybridized carbons (Fsp3) is 0.900. The van der Waals surface area contributed by atoms with Crippen LogP contribution in [0.1, 0.15) is 19.8 Å². The van der Waals surface area contributed by atoms with Crippen molar-refractivity contribution in [2.24, 2.45) is 0 Å². The second-order valence-electron chi connectivity index (χ2n) is 4.21. The van der Waals surface area contributed by atoms with Crippen LogP contribution in [0.4, 0.5) is 0 Å². The SMILES string of the molecule is CCNC1CCCN(CCS(C)(=O)=O)C1=O. The number of carbonyl (C=O) groups excluding carboxylic acids is 1. The summed E-state index contributed by atoms with van der Waals surface area (Å²) in [6.45, 7) is 3.72. The lowest BCUT2D eigenvalue weighted by Crippen LogP contribution is -2.51. The topological polar surface area (TPSA) is 66.5 Å². The monoisotopic (exact) mass is 248 g/mol. The molecule has 1 aliphatic rings. The molecule has 16 heavy (non-hydrogen) atoms. The maximum absolute atomic E-state index is 11.9. The number of hydrogen-bond acceptors (Lipinski definition) is 4. The van der Waals surface area contributed by atoms with E-state index in [0.717, 1.165) is 19.4 Å². The molecular weight excluding hydrogens is 228 g/mol. The van der Waals surface area contributed by atoms with Crippen molar-refractivity contribution in [3.63, 3.8) is 0 Å². The van der Waals surface area contributed by atoms with Crippen molar-refractivity contribution in [1.29, 1.82) is 0 Å². The molecule has 1 saturated heterocycles. The molecule has 1 fully saturated rings. The van der Waals surface area contributed by atoms with Crippen LogP contribution >= 0.6 is 0 Å². The summed E-state index contributed by atoms with van der Waals surface area (Å²) in [5, 5.41) is 3.12. The van der Waals surface area contributed by atoms with Gasteiger partial charge in [0.25, 0.3) is 0 Å². The predicted octanol–water partition coefficient (Wildman–Crippen LogP) is -0.368. The Balaban J connectivity index is 2.50. The van der Waals surface area contributed by atoms with Gasteiger partial charge in [0.1, 0.15) is 9.84 Å². The number of sulfone groups is 1. The lowest BCUT2D eigenvalue weighted by atomic mass is 10.1. The number of piperidine rings is 1. The molecule has 0 aromatic rings. The molecule has 1 rings (SSSR count). The van der Waals surface area contributed by atoms with Crippen molar-refractivity contribution in [3.8, 4) is 0 Å². The summed E-state index contributed by atoms with van der Waals surface area (Å²) >= 11 is 0. The minimum absolute atomic E-state index is 0.0387. The number of carbonyl (C=O) groups is 1. The number of amides is 1. The van der Waals surface area contributed by atoms with Crippen LogP contribution in [0, 0.1) is 0 Å². The summed E-state index contributed by atoms with van der Waals surface area (Å²) in [7, 11) is -2.99. The summed E-state index contributed by atoms with van der Waals surface area (Å²) in [5.41, 5.74) is 0. The second-order valence-corrected chi connectivity index (χ2v) is 6.47. The highest BCUT2D eigenvalue weighted by atomic mass is 32.2. The fourth-order valence-electron chi connectivity index (χ4n) is 1.87. The molecule has 1 aliphatic heterocycles. The molecule has 1 heterocycles. The zero-order valence-corrected chi connectivity index (χ0v) is 10.7. The van der Waals surface area contributed by atoms with Gasteiger partial charge in [-0.25, -0.2) is 8.42 Å². The zero-order chi connectivity index (χ0) is 12.2. The van der Waals surface area contributed by atoms with E-state index in [-0.39, 0.29) is 17.7 Å². The highest BCUT2D eigenvalue weighted by molar-refractivity contribution is 7.90. The van der Waals surface area contributed by atoms with Crippen LogP contribution in [0.3, 0.4) is 0 Å². The van der Waals surface area contributed by atoms with Crippen molar-refractivity contribution in [2.75, 3.05) is 31.6 Å². The van der Waals surface area contributed by atoms with Crippen molar-refractivity contribution in [3.05, 3.63) is 0 Å². The van der Waals surface area contributed by atoms with Gasteiger partial charge in [0, 0.05) is 19.3 Å². The molecule has 5 nitrogen and oxygen atoms in total.